The number of aromatic nitrogens is 2. The number of rotatable bonds is 3. The summed E-state index contributed by atoms with van der Waals surface area (Å²) in [6.45, 7) is 4.43. The maximum Gasteiger partial charge on any atom is 0.133 e. The molecule has 1 aromatic carbocycles. The van der Waals surface area contributed by atoms with Gasteiger partial charge in [-0.2, -0.15) is 0 Å². The number of halogens is 1. The van der Waals surface area contributed by atoms with Crippen LogP contribution in [0.4, 0.5) is 0 Å². The van der Waals surface area contributed by atoms with Crippen molar-refractivity contribution in [1.29, 1.82) is 0 Å². The summed E-state index contributed by atoms with van der Waals surface area (Å²) in [5, 5.41) is 0.741. The topological polar surface area (TPSA) is 51.8 Å². The van der Waals surface area contributed by atoms with Crippen molar-refractivity contribution < 1.29 is 0 Å². The molecule has 2 aromatic rings. The molecule has 0 spiro atoms. The lowest BCUT2D eigenvalue weighted by Gasteiger charge is -2.09. The fourth-order valence-electron chi connectivity index (χ4n) is 1.97. The van der Waals surface area contributed by atoms with Crippen LogP contribution in [0.5, 0.6) is 0 Å². The normalized spacial score (nSPS) is 10.7. The highest BCUT2D eigenvalue weighted by atomic mass is 35.5. The number of hydrogen-bond donors (Lipinski definition) is 1. The van der Waals surface area contributed by atoms with Crippen LogP contribution in [0.3, 0.4) is 0 Å². The van der Waals surface area contributed by atoms with E-state index in [-0.39, 0.29) is 0 Å². The van der Waals surface area contributed by atoms with Crippen LogP contribution in [0, 0.1) is 13.8 Å². The van der Waals surface area contributed by atoms with E-state index >= 15 is 0 Å². The third-order valence-corrected chi connectivity index (χ3v) is 3.20. The average molecular weight is 262 g/mol. The fourth-order valence-corrected chi connectivity index (χ4v) is 2.09. The van der Waals surface area contributed by atoms with E-state index in [1.807, 2.05) is 38.1 Å². The van der Waals surface area contributed by atoms with Gasteiger partial charge in [-0.05, 0) is 31.5 Å². The van der Waals surface area contributed by atoms with E-state index in [4.69, 9.17) is 17.3 Å². The first kappa shape index (κ1) is 13.0. The second-order valence-electron chi connectivity index (χ2n) is 4.30. The van der Waals surface area contributed by atoms with E-state index in [1.54, 1.807) is 0 Å². The minimum atomic E-state index is 0.485. The van der Waals surface area contributed by atoms with Gasteiger partial charge in [0.25, 0.3) is 0 Å². The maximum atomic E-state index is 5.86. The molecular weight excluding hydrogens is 246 g/mol. The highest BCUT2D eigenvalue weighted by Gasteiger charge is 2.07. The fraction of sp³-hybridized carbons (Fsp3) is 0.286. The molecule has 0 aliphatic rings. The summed E-state index contributed by atoms with van der Waals surface area (Å²) in [6.07, 6.45) is 0.712. The predicted molar refractivity (Wildman–Crippen MR) is 73.7 cm³/mol. The molecule has 0 saturated heterocycles. The number of aryl methyl sites for hydroxylation is 2. The van der Waals surface area contributed by atoms with Crippen LogP contribution >= 0.6 is 11.6 Å². The Labute approximate surface area is 112 Å². The van der Waals surface area contributed by atoms with E-state index in [9.17, 15) is 0 Å². The molecule has 2 rings (SSSR count). The van der Waals surface area contributed by atoms with Crippen molar-refractivity contribution >= 4 is 11.6 Å². The first-order valence-electron chi connectivity index (χ1n) is 5.87. The maximum absolute atomic E-state index is 5.86. The molecule has 0 radical (unpaired) electrons. The van der Waals surface area contributed by atoms with Gasteiger partial charge in [-0.1, -0.05) is 23.7 Å². The lowest BCUT2D eigenvalue weighted by Crippen LogP contribution is -2.09. The summed E-state index contributed by atoms with van der Waals surface area (Å²) in [5.41, 5.74) is 9.80. The van der Waals surface area contributed by atoms with E-state index in [1.165, 1.54) is 0 Å². The second kappa shape index (κ2) is 5.46. The minimum Gasteiger partial charge on any atom is -0.326 e. The molecule has 94 valence electrons. The summed E-state index contributed by atoms with van der Waals surface area (Å²) in [5.74, 6) is 0.824. The average Bonchev–Trinajstić information content (AvgIpc) is 2.32. The molecule has 18 heavy (non-hydrogen) atoms. The van der Waals surface area contributed by atoms with Crippen molar-refractivity contribution in [2.75, 3.05) is 0 Å². The van der Waals surface area contributed by atoms with Gasteiger partial charge in [-0.25, -0.2) is 9.97 Å². The summed E-state index contributed by atoms with van der Waals surface area (Å²) in [4.78, 5) is 9.00. The van der Waals surface area contributed by atoms with E-state index in [2.05, 4.69) is 9.97 Å². The molecule has 1 aromatic heterocycles. The van der Waals surface area contributed by atoms with Crippen LogP contribution in [0.1, 0.15) is 28.3 Å². The molecule has 0 aliphatic heterocycles. The molecule has 0 fully saturated rings. The summed E-state index contributed by atoms with van der Waals surface area (Å²) < 4.78 is 0. The standard InChI is InChI=1S/C14H16ClN3/c1-9-13(8-16)10(2)18-14(17-9)7-11-3-5-12(15)6-4-11/h3-6H,7-8,16H2,1-2H3. The molecule has 3 nitrogen and oxygen atoms in total. The van der Waals surface area contributed by atoms with Crippen LogP contribution in [-0.4, -0.2) is 9.97 Å². The second-order valence-corrected chi connectivity index (χ2v) is 4.73. The van der Waals surface area contributed by atoms with Gasteiger partial charge >= 0.3 is 0 Å². The van der Waals surface area contributed by atoms with Gasteiger partial charge < -0.3 is 5.73 Å². The number of nitrogens with two attached hydrogens (primary N) is 1. The zero-order valence-corrected chi connectivity index (χ0v) is 11.3. The first-order chi connectivity index (χ1) is 8.60. The van der Waals surface area contributed by atoms with Gasteiger partial charge in [0.15, 0.2) is 0 Å². The lowest BCUT2D eigenvalue weighted by atomic mass is 10.1. The number of hydrogen-bond acceptors (Lipinski definition) is 3. The first-order valence-corrected chi connectivity index (χ1v) is 6.25. The van der Waals surface area contributed by atoms with Crippen LogP contribution in [-0.2, 0) is 13.0 Å². The Morgan fingerprint density at radius 3 is 2.11 bits per heavy atom. The van der Waals surface area contributed by atoms with Crippen LogP contribution in [0.25, 0.3) is 0 Å². The smallest absolute Gasteiger partial charge is 0.133 e. The van der Waals surface area contributed by atoms with Crippen molar-refractivity contribution in [3.05, 3.63) is 57.6 Å². The Morgan fingerprint density at radius 1 is 1.06 bits per heavy atom. The Kier molecular flexibility index (Phi) is 3.94. The van der Waals surface area contributed by atoms with E-state index in [0.29, 0.717) is 13.0 Å². The Morgan fingerprint density at radius 2 is 1.61 bits per heavy atom. The van der Waals surface area contributed by atoms with Gasteiger partial charge in [-0.15, -0.1) is 0 Å². The molecule has 0 aliphatic carbocycles. The lowest BCUT2D eigenvalue weighted by molar-refractivity contribution is 0.867. The van der Waals surface area contributed by atoms with Gasteiger partial charge in [-0.3, -0.25) is 0 Å². The van der Waals surface area contributed by atoms with Crippen molar-refractivity contribution in [3.63, 3.8) is 0 Å². The van der Waals surface area contributed by atoms with E-state index in [0.717, 1.165) is 33.4 Å². The molecule has 2 N–H and O–H groups in total. The van der Waals surface area contributed by atoms with Gasteiger partial charge in [0.05, 0.1) is 0 Å². The molecular formula is C14H16ClN3. The molecule has 0 saturated carbocycles. The Bertz CT molecular complexity index is 526. The molecule has 4 heteroatoms. The zero-order chi connectivity index (χ0) is 13.1. The monoisotopic (exact) mass is 261 g/mol. The Hall–Kier alpha value is -1.45. The van der Waals surface area contributed by atoms with E-state index < -0.39 is 0 Å². The Balaban J connectivity index is 2.27. The predicted octanol–water partition coefficient (Wildman–Crippen LogP) is 2.80. The van der Waals surface area contributed by atoms with Gasteiger partial charge in [0, 0.05) is 34.9 Å². The quantitative estimate of drug-likeness (QED) is 0.924. The van der Waals surface area contributed by atoms with Crippen molar-refractivity contribution in [2.45, 2.75) is 26.8 Å². The van der Waals surface area contributed by atoms with Gasteiger partial charge in [0.2, 0.25) is 0 Å². The number of benzene rings is 1. The minimum absolute atomic E-state index is 0.485. The highest BCUT2D eigenvalue weighted by Crippen LogP contribution is 2.14. The van der Waals surface area contributed by atoms with Gasteiger partial charge in [0.1, 0.15) is 5.82 Å². The largest absolute Gasteiger partial charge is 0.326 e. The van der Waals surface area contributed by atoms with Crippen molar-refractivity contribution in [1.82, 2.24) is 9.97 Å². The molecule has 1 heterocycles. The summed E-state index contributed by atoms with van der Waals surface area (Å²) in [6, 6.07) is 7.75. The molecule has 0 atom stereocenters. The zero-order valence-electron chi connectivity index (χ0n) is 10.6. The summed E-state index contributed by atoms with van der Waals surface area (Å²) in [7, 11) is 0. The van der Waals surface area contributed by atoms with Crippen LogP contribution in [0.2, 0.25) is 5.02 Å². The molecule has 0 unspecified atom stereocenters. The number of nitrogens with zero attached hydrogens (tertiary/aromatic N) is 2. The van der Waals surface area contributed by atoms with Crippen molar-refractivity contribution in [3.8, 4) is 0 Å². The third-order valence-electron chi connectivity index (χ3n) is 2.95. The third kappa shape index (κ3) is 2.86. The van der Waals surface area contributed by atoms with Crippen molar-refractivity contribution in [2.24, 2.45) is 5.73 Å². The molecule has 0 bridgehead atoms. The van der Waals surface area contributed by atoms with Crippen LogP contribution in [0.15, 0.2) is 24.3 Å². The SMILES string of the molecule is Cc1nc(Cc2ccc(Cl)cc2)nc(C)c1CN. The highest BCUT2D eigenvalue weighted by molar-refractivity contribution is 6.30. The van der Waals surface area contributed by atoms with Crippen LogP contribution < -0.4 is 5.73 Å². The molecule has 0 amide bonds. The summed E-state index contributed by atoms with van der Waals surface area (Å²) >= 11 is 5.86.